The number of hydrogen-bond donors (Lipinski definition) is 6. The molecule has 1 fully saturated rings. The molecule has 6 atom stereocenters. The lowest BCUT2D eigenvalue weighted by Gasteiger charge is -2.41. The zero-order valence-electron chi connectivity index (χ0n) is 42.3. The van der Waals surface area contributed by atoms with Gasteiger partial charge in [0.15, 0.2) is 0 Å². The number of phosphoric acid groups is 1. The highest BCUT2D eigenvalue weighted by Gasteiger charge is 2.51. The number of esters is 1. The number of rotatable bonds is 48. The predicted molar refractivity (Wildman–Crippen MR) is 267 cm³/mol. The van der Waals surface area contributed by atoms with Gasteiger partial charge in [-0.15, -0.1) is 0 Å². The number of carbonyl (C=O) groups excluding carboxylic acids is 1. The van der Waals surface area contributed by atoms with Crippen molar-refractivity contribution in [2.45, 2.75) is 301 Å². The molecule has 6 unspecified atom stereocenters. The Labute approximate surface area is 403 Å². The van der Waals surface area contributed by atoms with Crippen molar-refractivity contribution < 1.29 is 58.3 Å². The highest BCUT2D eigenvalue weighted by molar-refractivity contribution is 7.47. The van der Waals surface area contributed by atoms with Crippen LogP contribution in [0.5, 0.6) is 0 Å². The van der Waals surface area contributed by atoms with Gasteiger partial charge in [-0.25, -0.2) is 4.57 Å². The van der Waals surface area contributed by atoms with Gasteiger partial charge in [-0.05, 0) is 38.5 Å². The topological polar surface area (TPSA) is 192 Å². The van der Waals surface area contributed by atoms with Crippen molar-refractivity contribution in [2.75, 3.05) is 19.8 Å². The molecule has 0 amide bonds. The number of ether oxygens (including phenoxy) is 2. The molecule has 0 radical (unpaired) electrons. The fourth-order valence-electron chi connectivity index (χ4n) is 8.77. The Kier molecular flexibility index (Phi) is 42.1. The second-order valence-corrected chi connectivity index (χ2v) is 20.8. The SMILES string of the molecule is CCCCCCCCCC/C=C\CCCCCCCCCCCCCC(=O)OC(COCCCCCCCCCCCCCCCCCC)COP(=O)(O)OC1C(O)C(O)C(O)C(O)C1O. The molecule has 0 saturated heterocycles. The number of carbonyl (C=O) groups is 1. The first-order chi connectivity index (χ1) is 32.0. The molecule has 0 bridgehead atoms. The highest BCUT2D eigenvalue weighted by Crippen LogP contribution is 2.47. The molecule has 0 spiro atoms. The first-order valence-corrected chi connectivity index (χ1v) is 29.0. The average Bonchev–Trinajstić information content (AvgIpc) is 3.30. The second kappa shape index (κ2) is 44.1. The van der Waals surface area contributed by atoms with Crippen LogP contribution in [0.2, 0.25) is 0 Å². The number of aliphatic hydroxyl groups is 5. The van der Waals surface area contributed by atoms with Crippen molar-refractivity contribution in [3.63, 3.8) is 0 Å². The molecule has 1 aliphatic rings. The Hall–Kier alpha value is -0.920. The number of aliphatic hydroxyl groups excluding tert-OH is 5. The molecule has 0 aromatic rings. The minimum Gasteiger partial charge on any atom is -0.457 e. The first kappa shape index (κ1) is 63.1. The van der Waals surface area contributed by atoms with E-state index in [-0.39, 0.29) is 13.0 Å². The summed E-state index contributed by atoms with van der Waals surface area (Å²) in [7, 11) is -5.02. The summed E-state index contributed by atoms with van der Waals surface area (Å²) in [6.45, 7) is 4.32. The Morgan fingerprint density at radius 2 is 0.803 bits per heavy atom. The summed E-state index contributed by atoms with van der Waals surface area (Å²) in [4.78, 5) is 23.3. The van der Waals surface area contributed by atoms with Gasteiger partial charge in [0.05, 0.1) is 13.2 Å². The normalized spacial score (nSPS) is 21.4. The smallest absolute Gasteiger partial charge is 0.457 e. The van der Waals surface area contributed by atoms with Gasteiger partial charge >= 0.3 is 13.8 Å². The third-order valence-electron chi connectivity index (χ3n) is 13.1. The van der Waals surface area contributed by atoms with E-state index in [0.717, 1.165) is 38.5 Å². The van der Waals surface area contributed by atoms with Crippen molar-refractivity contribution in [3.05, 3.63) is 12.2 Å². The lowest BCUT2D eigenvalue weighted by molar-refractivity contribution is -0.220. The second-order valence-electron chi connectivity index (χ2n) is 19.4. The molecule has 0 aromatic heterocycles. The Balaban J connectivity index is 2.28. The number of unbranched alkanes of at least 4 members (excludes halogenated alkanes) is 34. The first-order valence-electron chi connectivity index (χ1n) is 27.5. The maximum atomic E-state index is 12.9. The standard InChI is InChI=1S/C53H103O12P/c1-3-5-7-9-11-13-15-17-19-21-22-23-24-25-26-27-28-30-32-34-36-38-40-42-47(54)64-46(45-63-66(60,61)65-53-51(58)49(56)48(55)50(57)52(53)59)44-62-43-41-39-37-35-33-31-29-20-18-16-14-12-10-8-6-4-2/h21-22,46,48-53,55-59H,3-20,23-45H2,1-2H3,(H,60,61)/b22-21-. The molecule has 13 heteroatoms. The van der Waals surface area contributed by atoms with Crippen molar-refractivity contribution in [2.24, 2.45) is 0 Å². The van der Waals surface area contributed by atoms with Crippen molar-refractivity contribution in [1.29, 1.82) is 0 Å². The van der Waals surface area contributed by atoms with E-state index in [9.17, 15) is 39.8 Å². The third-order valence-corrected chi connectivity index (χ3v) is 14.1. The van der Waals surface area contributed by atoms with Gasteiger partial charge in [-0.3, -0.25) is 13.8 Å². The molecule has 0 aliphatic heterocycles. The Bertz CT molecular complexity index is 1140. The number of hydrogen-bond acceptors (Lipinski definition) is 11. The lowest BCUT2D eigenvalue weighted by Crippen LogP contribution is -2.64. The molecular weight excluding hydrogens is 860 g/mol. The summed E-state index contributed by atoms with van der Waals surface area (Å²) in [5, 5.41) is 50.3. The van der Waals surface area contributed by atoms with Crippen molar-refractivity contribution in [1.82, 2.24) is 0 Å². The van der Waals surface area contributed by atoms with E-state index in [1.807, 2.05) is 0 Å². The van der Waals surface area contributed by atoms with Crippen LogP contribution in [-0.2, 0) is 27.9 Å². The van der Waals surface area contributed by atoms with Crippen molar-refractivity contribution >= 4 is 13.8 Å². The summed E-state index contributed by atoms with van der Waals surface area (Å²) in [5.74, 6) is -0.472. The van der Waals surface area contributed by atoms with Gasteiger partial charge in [0.1, 0.15) is 42.7 Å². The molecule has 12 nitrogen and oxygen atoms in total. The highest BCUT2D eigenvalue weighted by atomic mass is 31.2. The van der Waals surface area contributed by atoms with Crippen LogP contribution in [0, 0.1) is 0 Å². The van der Waals surface area contributed by atoms with Crippen LogP contribution in [-0.4, -0.2) is 98.9 Å². The van der Waals surface area contributed by atoms with Crippen LogP contribution in [0.1, 0.15) is 258 Å². The molecule has 392 valence electrons. The molecule has 1 saturated carbocycles. The van der Waals surface area contributed by atoms with E-state index in [1.54, 1.807) is 0 Å². The molecule has 66 heavy (non-hydrogen) atoms. The van der Waals surface area contributed by atoms with Gasteiger partial charge in [0.2, 0.25) is 0 Å². The summed E-state index contributed by atoms with van der Waals surface area (Å²) < 4.78 is 34.4. The van der Waals surface area contributed by atoms with E-state index in [2.05, 4.69) is 26.0 Å². The zero-order chi connectivity index (χ0) is 48.4. The van der Waals surface area contributed by atoms with Crippen LogP contribution in [0.25, 0.3) is 0 Å². The molecule has 1 rings (SSSR count). The molecule has 6 N–H and O–H groups in total. The van der Waals surface area contributed by atoms with E-state index >= 15 is 0 Å². The minimum absolute atomic E-state index is 0.0702. The molecule has 1 aliphatic carbocycles. The molecular formula is C53H103O12P. The van der Waals surface area contributed by atoms with Crippen LogP contribution in [0.4, 0.5) is 0 Å². The molecule has 0 aromatic carbocycles. The average molecular weight is 963 g/mol. The summed E-state index contributed by atoms with van der Waals surface area (Å²) in [6, 6.07) is 0. The summed E-state index contributed by atoms with van der Waals surface area (Å²) in [5.41, 5.74) is 0. The minimum atomic E-state index is -5.02. The Morgan fingerprint density at radius 1 is 0.470 bits per heavy atom. The predicted octanol–water partition coefficient (Wildman–Crippen LogP) is 12.7. The van der Waals surface area contributed by atoms with Gasteiger partial charge in [-0.2, -0.15) is 0 Å². The molecule has 0 heterocycles. The number of allylic oxidation sites excluding steroid dienone is 2. The fourth-order valence-corrected chi connectivity index (χ4v) is 9.74. The largest absolute Gasteiger partial charge is 0.472 e. The maximum absolute atomic E-state index is 12.9. The van der Waals surface area contributed by atoms with E-state index < -0.39 is 63.1 Å². The van der Waals surface area contributed by atoms with E-state index in [1.165, 1.54) is 193 Å². The third kappa shape index (κ3) is 35.2. The monoisotopic (exact) mass is 963 g/mol. The Morgan fingerprint density at radius 3 is 1.20 bits per heavy atom. The van der Waals surface area contributed by atoms with Gasteiger partial charge in [0.25, 0.3) is 0 Å². The summed E-state index contributed by atoms with van der Waals surface area (Å²) in [6.07, 6.45) is 38.5. The van der Waals surface area contributed by atoms with Crippen molar-refractivity contribution in [3.8, 4) is 0 Å². The number of phosphoric ester groups is 1. The van der Waals surface area contributed by atoms with Crippen LogP contribution in [0.3, 0.4) is 0 Å². The quantitative estimate of drug-likeness (QED) is 0.0147. The fraction of sp³-hybridized carbons (Fsp3) is 0.943. The van der Waals surface area contributed by atoms with Gasteiger partial charge < -0.3 is 39.9 Å². The van der Waals surface area contributed by atoms with Crippen LogP contribution < -0.4 is 0 Å². The van der Waals surface area contributed by atoms with E-state index in [0.29, 0.717) is 13.0 Å². The van der Waals surface area contributed by atoms with Gasteiger partial charge in [0, 0.05) is 13.0 Å². The lowest BCUT2D eigenvalue weighted by atomic mass is 9.85. The summed E-state index contributed by atoms with van der Waals surface area (Å²) >= 11 is 0. The van der Waals surface area contributed by atoms with Crippen LogP contribution >= 0.6 is 7.82 Å². The zero-order valence-corrected chi connectivity index (χ0v) is 43.2. The van der Waals surface area contributed by atoms with E-state index in [4.69, 9.17) is 18.5 Å². The van der Waals surface area contributed by atoms with Crippen LogP contribution in [0.15, 0.2) is 12.2 Å². The van der Waals surface area contributed by atoms with Gasteiger partial charge in [-0.1, -0.05) is 225 Å². The maximum Gasteiger partial charge on any atom is 0.472 e.